The molecular formula is C13H16F2N2S. The molecule has 1 aliphatic rings. The van der Waals surface area contributed by atoms with Crippen LogP contribution >= 0.6 is 11.8 Å². The van der Waals surface area contributed by atoms with E-state index in [1.807, 2.05) is 0 Å². The van der Waals surface area contributed by atoms with Crippen molar-refractivity contribution in [2.45, 2.75) is 31.6 Å². The Bertz CT molecular complexity index is 449. The van der Waals surface area contributed by atoms with E-state index < -0.39 is 11.6 Å². The van der Waals surface area contributed by atoms with Crippen molar-refractivity contribution >= 4 is 16.9 Å². The molecule has 0 radical (unpaired) electrons. The average Bonchev–Trinajstić information content (AvgIpc) is 2.79. The zero-order chi connectivity index (χ0) is 13.0. The SMILES string of the molecule is CCCC1CN=C(NCc2ccc(F)c(F)c2)S1. The van der Waals surface area contributed by atoms with E-state index in [2.05, 4.69) is 17.2 Å². The lowest BCUT2D eigenvalue weighted by Gasteiger charge is -2.08. The van der Waals surface area contributed by atoms with E-state index in [0.29, 0.717) is 11.8 Å². The van der Waals surface area contributed by atoms with Gasteiger partial charge in [0.05, 0.1) is 6.54 Å². The fourth-order valence-electron chi connectivity index (χ4n) is 1.81. The fraction of sp³-hybridized carbons (Fsp3) is 0.462. The van der Waals surface area contributed by atoms with Gasteiger partial charge in [0.2, 0.25) is 0 Å². The lowest BCUT2D eigenvalue weighted by atomic mass is 10.2. The molecule has 2 nitrogen and oxygen atoms in total. The standard InChI is InChI=1S/C13H16F2N2S/c1-2-3-10-8-17-13(18-10)16-7-9-4-5-11(14)12(15)6-9/h4-6,10H,2-3,7-8H2,1H3,(H,16,17). The first-order valence-corrected chi connectivity index (χ1v) is 6.96. The Kier molecular flexibility index (Phi) is 4.58. The lowest BCUT2D eigenvalue weighted by Crippen LogP contribution is -2.19. The molecule has 18 heavy (non-hydrogen) atoms. The summed E-state index contributed by atoms with van der Waals surface area (Å²) in [5.74, 6) is -1.62. The van der Waals surface area contributed by atoms with Gasteiger partial charge in [-0.3, -0.25) is 4.99 Å². The number of hydrogen-bond acceptors (Lipinski definition) is 3. The highest BCUT2D eigenvalue weighted by atomic mass is 32.2. The molecule has 0 amide bonds. The molecule has 98 valence electrons. The van der Waals surface area contributed by atoms with Crippen LogP contribution in [0.5, 0.6) is 0 Å². The number of benzene rings is 1. The molecule has 0 saturated carbocycles. The topological polar surface area (TPSA) is 24.4 Å². The van der Waals surface area contributed by atoms with Gasteiger partial charge in [0, 0.05) is 11.8 Å². The van der Waals surface area contributed by atoms with Crippen molar-refractivity contribution < 1.29 is 8.78 Å². The highest BCUT2D eigenvalue weighted by Gasteiger charge is 2.18. The van der Waals surface area contributed by atoms with E-state index >= 15 is 0 Å². The number of amidine groups is 1. The maximum Gasteiger partial charge on any atom is 0.159 e. The first-order chi connectivity index (χ1) is 8.69. The molecule has 0 aromatic heterocycles. The molecule has 1 unspecified atom stereocenters. The Labute approximate surface area is 110 Å². The normalized spacial score (nSPS) is 18.8. The highest BCUT2D eigenvalue weighted by Crippen LogP contribution is 2.23. The molecule has 1 aromatic carbocycles. The van der Waals surface area contributed by atoms with E-state index in [4.69, 9.17) is 0 Å². The highest BCUT2D eigenvalue weighted by molar-refractivity contribution is 8.14. The van der Waals surface area contributed by atoms with E-state index in [9.17, 15) is 8.78 Å². The van der Waals surface area contributed by atoms with Crippen molar-refractivity contribution in [3.05, 3.63) is 35.4 Å². The van der Waals surface area contributed by atoms with Gasteiger partial charge in [0.1, 0.15) is 0 Å². The zero-order valence-electron chi connectivity index (χ0n) is 10.2. The molecule has 0 spiro atoms. The van der Waals surface area contributed by atoms with E-state index in [1.165, 1.54) is 6.07 Å². The third kappa shape index (κ3) is 3.45. The molecule has 0 bridgehead atoms. The van der Waals surface area contributed by atoms with Crippen molar-refractivity contribution in [3.8, 4) is 0 Å². The van der Waals surface area contributed by atoms with Crippen LogP contribution in [0, 0.1) is 11.6 Å². The maximum absolute atomic E-state index is 13.0. The van der Waals surface area contributed by atoms with E-state index in [1.54, 1.807) is 17.8 Å². The number of hydrogen-bond donors (Lipinski definition) is 1. The molecule has 1 aliphatic heterocycles. The van der Waals surface area contributed by atoms with Gasteiger partial charge in [-0.05, 0) is 24.1 Å². The molecule has 1 aromatic rings. The van der Waals surface area contributed by atoms with Gasteiger partial charge in [-0.25, -0.2) is 8.78 Å². The van der Waals surface area contributed by atoms with Crippen molar-refractivity contribution in [1.82, 2.24) is 5.32 Å². The molecule has 1 heterocycles. The van der Waals surface area contributed by atoms with Crippen molar-refractivity contribution in [1.29, 1.82) is 0 Å². The number of halogens is 2. The van der Waals surface area contributed by atoms with Gasteiger partial charge >= 0.3 is 0 Å². The summed E-state index contributed by atoms with van der Waals surface area (Å²) in [6, 6.07) is 3.94. The van der Waals surface area contributed by atoms with Crippen LogP contribution < -0.4 is 5.32 Å². The predicted octanol–water partition coefficient (Wildman–Crippen LogP) is 3.33. The van der Waals surface area contributed by atoms with Gasteiger partial charge in [0.25, 0.3) is 0 Å². The number of aliphatic imine (C=N–C) groups is 1. The van der Waals surface area contributed by atoms with Crippen LogP contribution in [0.2, 0.25) is 0 Å². The smallest absolute Gasteiger partial charge is 0.159 e. The molecular weight excluding hydrogens is 254 g/mol. The van der Waals surface area contributed by atoms with Gasteiger partial charge < -0.3 is 5.32 Å². The number of nitrogens with zero attached hydrogens (tertiary/aromatic N) is 1. The maximum atomic E-state index is 13.0. The summed E-state index contributed by atoms with van der Waals surface area (Å²) in [6.45, 7) is 3.48. The second-order valence-electron chi connectivity index (χ2n) is 4.28. The van der Waals surface area contributed by atoms with E-state index in [-0.39, 0.29) is 0 Å². The molecule has 5 heteroatoms. The monoisotopic (exact) mass is 270 g/mol. The van der Waals surface area contributed by atoms with Gasteiger partial charge in [-0.1, -0.05) is 31.2 Å². The molecule has 1 N–H and O–H groups in total. The second kappa shape index (κ2) is 6.18. The Morgan fingerprint density at radius 3 is 2.94 bits per heavy atom. The van der Waals surface area contributed by atoms with Crippen molar-refractivity contribution in [3.63, 3.8) is 0 Å². The summed E-state index contributed by atoms with van der Waals surface area (Å²) in [4.78, 5) is 4.39. The van der Waals surface area contributed by atoms with Gasteiger partial charge in [-0.2, -0.15) is 0 Å². The minimum Gasteiger partial charge on any atom is -0.361 e. The third-order valence-corrected chi connectivity index (χ3v) is 3.97. The van der Waals surface area contributed by atoms with Crippen LogP contribution in [-0.4, -0.2) is 17.0 Å². The largest absolute Gasteiger partial charge is 0.361 e. The van der Waals surface area contributed by atoms with Crippen molar-refractivity contribution in [2.75, 3.05) is 6.54 Å². The summed E-state index contributed by atoms with van der Waals surface area (Å²) in [5.41, 5.74) is 0.719. The van der Waals surface area contributed by atoms with Crippen LogP contribution in [0.3, 0.4) is 0 Å². The van der Waals surface area contributed by atoms with Crippen molar-refractivity contribution in [2.24, 2.45) is 4.99 Å². The van der Waals surface area contributed by atoms with Gasteiger partial charge in [0.15, 0.2) is 16.8 Å². The van der Waals surface area contributed by atoms with Crippen LogP contribution in [0.15, 0.2) is 23.2 Å². The van der Waals surface area contributed by atoms with Crippen LogP contribution in [0.25, 0.3) is 0 Å². The number of thioether (sulfide) groups is 1. The van der Waals surface area contributed by atoms with Crippen LogP contribution in [0.4, 0.5) is 8.78 Å². The van der Waals surface area contributed by atoms with Crippen LogP contribution in [-0.2, 0) is 6.54 Å². The first-order valence-electron chi connectivity index (χ1n) is 6.08. The Hall–Kier alpha value is -1.10. The minimum absolute atomic E-state index is 0.474. The lowest BCUT2D eigenvalue weighted by molar-refractivity contribution is 0.507. The third-order valence-electron chi connectivity index (χ3n) is 2.76. The predicted molar refractivity (Wildman–Crippen MR) is 71.8 cm³/mol. The molecule has 0 fully saturated rings. The summed E-state index contributed by atoms with van der Waals surface area (Å²) < 4.78 is 25.8. The molecule has 1 atom stereocenters. The second-order valence-corrected chi connectivity index (χ2v) is 5.57. The fourth-order valence-corrected chi connectivity index (χ4v) is 2.94. The average molecular weight is 270 g/mol. The number of nitrogens with one attached hydrogen (secondary N) is 1. The van der Waals surface area contributed by atoms with Crippen LogP contribution in [0.1, 0.15) is 25.3 Å². The number of rotatable bonds is 4. The molecule has 2 rings (SSSR count). The Morgan fingerprint density at radius 2 is 2.22 bits per heavy atom. The summed E-state index contributed by atoms with van der Waals surface area (Å²) in [7, 11) is 0. The van der Waals surface area contributed by atoms with E-state index in [0.717, 1.165) is 36.2 Å². The summed E-state index contributed by atoms with van der Waals surface area (Å²) in [5, 5.41) is 4.62. The Balaban J connectivity index is 1.83. The first kappa shape index (κ1) is 13.3. The summed E-state index contributed by atoms with van der Waals surface area (Å²) >= 11 is 1.73. The summed E-state index contributed by atoms with van der Waals surface area (Å²) in [6.07, 6.45) is 2.31. The molecule has 0 saturated heterocycles. The van der Waals surface area contributed by atoms with Gasteiger partial charge in [-0.15, -0.1) is 0 Å². The quantitative estimate of drug-likeness (QED) is 0.907. The molecule has 0 aliphatic carbocycles. The minimum atomic E-state index is -0.811. The Morgan fingerprint density at radius 1 is 1.39 bits per heavy atom. The zero-order valence-corrected chi connectivity index (χ0v) is 11.1.